The normalized spacial score (nSPS) is 12.4. The van der Waals surface area contributed by atoms with E-state index < -0.39 is 81.8 Å². The number of carbonyl (C=O) groups is 2. The van der Waals surface area contributed by atoms with Crippen LogP contribution in [0.3, 0.4) is 0 Å². The van der Waals surface area contributed by atoms with Crippen LogP contribution in [0.15, 0.2) is 48.5 Å². The Morgan fingerprint density at radius 1 is 0.477 bits per heavy atom. The van der Waals surface area contributed by atoms with Crippen LogP contribution in [0.5, 0.6) is 23.0 Å². The standard InChI is InChI=1S/C30H22N2O12/c33-25-13-1-17-9-23(31(41)42)10-18(27(17)35)3-15-7-22(30(39)40)8-16(26(15)34)4-20-12-24(32(43)44)11-19(28(20)36)2-14(25)6-21(5-13)29(37)38/h5-12,33-36H,1-4H2,(H,37,38)(H,39,40). The fourth-order valence-corrected chi connectivity index (χ4v) is 5.36. The van der Waals surface area contributed by atoms with E-state index in [9.17, 15) is 60.5 Å². The minimum atomic E-state index is -1.39. The van der Waals surface area contributed by atoms with Gasteiger partial charge in [0.15, 0.2) is 0 Å². The summed E-state index contributed by atoms with van der Waals surface area (Å²) in [6.07, 6.45) is -1.61. The van der Waals surface area contributed by atoms with Crippen molar-refractivity contribution in [2.24, 2.45) is 0 Å². The van der Waals surface area contributed by atoms with Gasteiger partial charge in [0.05, 0.1) is 21.0 Å². The lowest BCUT2D eigenvalue weighted by molar-refractivity contribution is -0.385. The van der Waals surface area contributed by atoms with Gasteiger partial charge in [-0.15, -0.1) is 0 Å². The minimum absolute atomic E-state index is 0.0584. The first-order chi connectivity index (χ1) is 20.7. The van der Waals surface area contributed by atoms with Crippen LogP contribution >= 0.6 is 0 Å². The Hall–Kier alpha value is -6.18. The number of benzene rings is 4. The molecule has 0 aliphatic heterocycles. The monoisotopic (exact) mass is 602 g/mol. The lowest BCUT2D eigenvalue weighted by Crippen LogP contribution is -2.06. The Labute approximate surface area is 246 Å². The van der Waals surface area contributed by atoms with Crippen molar-refractivity contribution < 1.29 is 50.1 Å². The quantitative estimate of drug-likeness (QED) is 0.124. The molecule has 0 radical (unpaired) electrons. The van der Waals surface area contributed by atoms with Crippen LogP contribution in [0.25, 0.3) is 0 Å². The molecule has 14 nitrogen and oxygen atoms in total. The second kappa shape index (κ2) is 10.9. The average molecular weight is 603 g/mol. The molecule has 1 aliphatic carbocycles. The average Bonchev–Trinajstić information content (AvgIpc) is 2.95. The zero-order valence-electron chi connectivity index (χ0n) is 22.5. The zero-order valence-corrected chi connectivity index (χ0v) is 22.5. The lowest BCUT2D eigenvalue weighted by Gasteiger charge is -2.18. The molecule has 44 heavy (non-hydrogen) atoms. The number of non-ortho nitro benzene ring substituents is 2. The Bertz CT molecular complexity index is 1560. The van der Waals surface area contributed by atoms with Crippen LogP contribution in [-0.4, -0.2) is 52.4 Å². The summed E-state index contributed by atoms with van der Waals surface area (Å²) in [7, 11) is 0. The number of rotatable bonds is 4. The van der Waals surface area contributed by atoms with Crippen molar-refractivity contribution in [3.8, 4) is 23.0 Å². The predicted molar refractivity (Wildman–Crippen MR) is 151 cm³/mol. The van der Waals surface area contributed by atoms with Crippen LogP contribution in [0, 0.1) is 20.2 Å². The van der Waals surface area contributed by atoms with Gasteiger partial charge >= 0.3 is 11.9 Å². The van der Waals surface area contributed by atoms with Crippen LogP contribution in [0.1, 0.15) is 65.2 Å². The van der Waals surface area contributed by atoms with Crippen molar-refractivity contribution in [1.82, 2.24) is 0 Å². The molecule has 0 unspecified atom stereocenters. The first-order valence-corrected chi connectivity index (χ1v) is 12.9. The molecule has 0 atom stereocenters. The van der Waals surface area contributed by atoms with Crippen LogP contribution < -0.4 is 0 Å². The summed E-state index contributed by atoms with van der Waals surface area (Å²) in [6.45, 7) is 0. The Kier molecular flexibility index (Phi) is 7.27. The number of fused-ring (bicyclic) bond motifs is 8. The van der Waals surface area contributed by atoms with Crippen molar-refractivity contribution in [3.05, 3.63) is 124 Å². The molecule has 0 saturated carbocycles. The van der Waals surface area contributed by atoms with E-state index in [0.29, 0.717) is 0 Å². The number of aromatic carboxylic acids is 2. The Morgan fingerprint density at radius 2 is 0.682 bits per heavy atom. The summed E-state index contributed by atoms with van der Waals surface area (Å²) in [5.74, 6) is -4.64. The van der Waals surface area contributed by atoms with Gasteiger partial charge in [-0.1, -0.05) is 0 Å². The maximum atomic E-state index is 12.0. The number of hydrogen-bond acceptors (Lipinski definition) is 10. The van der Waals surface area contributed by atoms with Crippen molar-refractivity contribution in [2.45, 2.75) is 25.7 Å². The van der Waals surface area contributed by atoms with E-state index >= 15 is 0 Å². The van der Waals surface area contributed by atoms with Gasteiger partial charge in [0.2, 0.25) is 0 Å². The molecule has 0 amide bonds. The van der Waals surface area contributed by atoms with Crippen LogP contribution in [0.4, 0.5) is 11.4 Å². The number of nitro benzene ring substituents is 2. The number of nitrogens with zero attached hydrogens (tertiary/aromatic N) is 2. The van der Waals surface area contributed by atoms with Crippen LogP contribution in [-0.2, 0) is 25.7 Å². The van der Waals surface area contributed by atoms with Crippen molar-refractivity contribution in [1.29, 1.82) is 0 Å². The molecule has 0 heterocycles. The summed E-state index contributed by atoms with van der Waals surface area (Å²) >= 11 is 0. The van der Waals surface area contributed by atoms with E-state index in [1.54, 1.807) is 0 Å². The number of phenolic OH excluding ortho intramolecular Hbond substituents is 4. The number of carboxylic acids is 2. The van der Waals surface area contributed by atoms with Gasteiger partial charge in [-0.25, -0.2) is 9.59 Å². The number of aromatic hydroxyl groups is 4. The maximum absolute atomic E-state index is 12.0. The maximum Gasteiger partial charge on any atom is 0.335 e. The number of hydrogen-bond donors (Lipinski definition) is 6. The topological polar surface area (TPSA) is 242 Å². The Balaban J connectivity index is 1.86. The summed E-state index contributed by atoms with van der Waals surface area (Å²) in [5.41, 5.74) is -2.11. The highest BCUT2D eigenvalue weighted by Gasteiger charge is 2.25. The Morgan fingerprint density at radius 3 is 0.864 bits per heavy atom. The SMILES string of the molecule is O=C(O)c1cc2c(O)c(c1)Cc1cc([N+](=O)[O-])cc(c1O)Cc1cc(C(=O)O)cc(c1O)Cc1cc([N+](=O)[O-])cc(c1O)C2. The third-order valence-electron chi connectivity index (χ3n) is 7.48. The van der Waals surface area contributed by atoms with Gasteiger partial charge in [-0.05, 0) is 46.5 Å². The second-order valence-electron chi connectivity index (χ2n) is 10.3. The summed E-state index contributed by atoms with van der Waals surface area (Å²) in [6, 6.07) is 8.56. The van der Waals surface area contributed by atoms with Gasteiger partial charge in [-0.2, -0.15) is 0 Å². The number of nitro groups is 2. The van der Waals surface area contributed by atoms with E-state index in [4.69, 9.17) is 0 Å². The van der Waals surface area contributed by atoms with E-state index in [0.717, 1.165) is 48.5 Å². The zero-order chi connectivity index (χ0) is 32.0. The van der Waals surface area contributed by atoms with Crippen molar-refractivity contribution in [2.75, 3.05) is 0 Å². The molecule has 0 fully saturated rings. The molecule has 0 saturated heterocycles. The second-order valence-corrected chi connectivity index (χ2v) is 10.3. The highest BCUT2D eigenvalue weighted by atomic mass is 16.6. The first kappa shape index (κ1) is 29.3. The van der Waals surface area contributed by atoms with Crippen LogP contribution in [0.2, 0.25) is 0 Å². The minimum Gasteiger partial charge on any atom is -0.507 e. The molecule has 224 valence electrons. The lowest BCUT2D eigenvalue weighted by atomic mass is 9.89. The first-order valence-electron chi connectivity index (χ1n) is 12.9. The summed E-state index contributed by atoms with van der Waals surface area (Å²) in [5, 5.41) is 87.8. The summed E-state index contributed by atoms with van der Waals surface area (Å²) < 4.78 is 0. The largest absolute Gasteiger partial charge is 0.507 e. The smallest absolute Gasteiger partial charge is 0.335 e. The molecular formula is C30H22N2O12. The highest BCUT2D eigenvalue weighted by molar-refractivity contribution is 5.89. The van der Waals surface area contributed by atoms with E-state index in [-0.39, 0.29) is 55.6 Å². The molecule has 14 heteroatoms. The van der Waals surface area contributed by atoms with E-state index in [1.165, 1.54) is 0 Å². The number of carboxylic acid groups (broad SMARTS) is 2. The molecule has 5 rings (SSSR count). The fourth-order valence-electron chi connectivity index (χ4n) is 5.36. The molecule has 8 bridgehead atoms. The van der Waals surface area contributed by atoms with Gasteiger partial charge in [0, 0.05) is 72.2 Å². The van der Waals surface area contributed by atoms with E-state index in [2.05, 4.69) is 0 Å². The molecule has 4 aromatic carbocycles. The van der Waals surface area contributed by atoms with E-state index in [1.807, 2.05) is 0 Å². The molecule has 4 aromatic rings. The summed E-state index contributed by atoms with van der Waals surface area (Å²) in [4.78, 5) is 46.0. The molecular weight excluding hydrogens is 580 g/mol. The van der Waals surface area contributed by atoms with Gasteiger partial charge < -0.3 is 30.6 Å². The predicted octanol–water partition coefficient (Wildman–Crippen LogP) is 4.40. The van der Waals surface area contributed by atoms with Gasteiger partial charge in [0.1, 0.15) is 23.0 Å². The van der Waals surface area contributed by atoms with Gasteiger partial charge in [-0.3, -0.25) is 20.2 Å². The third kappa shape index (κ3) is 5.38. The highest BCUT2D eigenvalue weighted by Crippen LogP contribution is 2.40. The molecule has 0 spiro atoms. The number of phenols is 4. The van der Waals surface area contributed by atoms with Crippen molar-refractivity contribution >= 4 is 23.3 Å². The molecule has 0 aromatic heterocycles. The molecule has 6 N–H and O–H groups in total. The third-order valence-corrected chi connectivity index (χ3v) is 7.48. The molecule has 1 aliphatic rings. The van der Waals surface area contributed by atoms with Crippen molar-refractivity contribution in [3.63, 3.8) is 0 Å². The van der Waals surface area contributed by atoms with Gasteiger partial charge in [0.25, 0.3) is 11.4 Å². The fraction of sp³-hybridized carbons (Fsp3) is 0.133.